The smallest absolute Gasteiger partial charge is 0.159 e. The van der Waals surface area contributed by atoms with Crippen LogP contribution in [0.3, 0.4) is 0 Å². The lowest BCUT2D eigenvalue weighted by molar-refractivity contribution is 0.101. The minimum absolute atomic E-state index is 0.157. The van der Waals surface area contributed by atoms with Crippen LogP contribution in [0.4, 0.5) is 0 Å². The molecule has 1 heterocycles. The summed E-state index contributed by atoms with van der Waals surface area (Å²) >= 11 is 0. The molecular formula is C15H19NO. The molecule has 2 nitrogen and oxygen atoms in total. The van der Waals surface area contributed by atoms with Crippen molar-refractivity contribution in [3.05, 3.63) is 35.4 Å². The molecule has 0 N–H and O–H groups in total. The fourth-order valence-corrected chi connectivity index (χ4v) is 3.32. The van der Waals surface area contributed by atoms with Gasteiger partial charge in [0.15, 0.2) is 5.78 Å². The van der Waals surface area contributed by atoms with Gasteiger partial charge in [-0.15, -0.1) is 0 Å². The molecule has 2 heteroatoms. The minimum atomic E-state index is 0.157. The Kier molecular flexibility index (Phi) is 2.37. The van der Waals surface area contributed by atoms with E-state index in [1.165, 1.54) is 31.5 Å². The highest BCUT2D eigenvalue weighted by Gasteiger charge is 2.56. The van der Waals surface area contributed by atoms with Crippen molar-refractivity contribution < 1.29 is 4.79 Å². The number of likely N-dealkylation sites (tertiary alicyclic amines) is 1. The maximum Gasteiger partial charge on any atom is 0.159 e. The molecule has 1 aliphatic heterocycles. The number of hydrogen-bond acceptors (Lipinski definition) is 2. The van der Waals surface area contributed by atoms with Crippen molar-refractivity contribution in [3.8, 4) is 0 Å². The second kappa shape index (κ2) is 3.67. The van der Waals surface area contributed by atoms with Gasteiger partial charge in [-0.25, -0.2) is 0 Å². The highest BCUT2D eigenvalue weighted by molar-refractivity contribution is 5.94. The number of hydrogen-bond donors (Lipinski definition) is 0. The number of rotatable bonds is 2. The number of benzene rings is 1. The van der Waals surface area contributed by atoms with Crippen LogP contribution in [0.2, 0.25) is 0 Å². The number of fused-ring (bicyclic) bond motifs is 1. The van der Waals surface area contributed by atoms with Gasteiger partial charge in [0.1, 0.15) is 0 Å². The molecule has 2 atom stereocenters. The van der Waals surface area contributed by atoms with Crippen LogP contribution >= 0.6 is 0 Å². The first-order valence-corrected chi connectivity index (χ1v) is 6.42. The van der Waals surface area contributed by atoms with Crippen molar-refractivity contribution in [2.75, 3.05) is 20.1 Å². The normalized spacial score (nSPS) is 32.0. The van der Waals surface area contributed by atoms with E-state index < -0.39 is 0 Å². The average Bonchev–Trinajstić information content (AvgIpc) is 3.04. The van der Waals surface area contributed by atoms with Gasteiger partial charge in [-0.1, -0.05) is 24.3 Å². The molecule has 1 aromatic carbocycles. The average molecular weight is 229 g/mol. The van der Waals surface area contributed by atoms with Crippen LogP contribution in [0, 0.1) is 5.92 Å². The van der Waals surface area contributed by atoms with Gasteiger partial charge < -0.3 is 4.90 Å². The molecular weight excluding hydrogens is 210 g/mol. The maximum atomic E-state index is 11.3. The van der Waals surface area contributed by atoms with Crippen molar-refractivity contribution in [1.29, 1.82) is 0 Å². The van der Waals surface area contributed by atoms with Gasteiger partial charge in [0.2, 0.25) is 0 Å². The van der Waals surface area contributed by atoms with Crippen LogP contribution in [-0.4, -0.2) is 30.8 Å². The zero-order valence-electron chi connectivity index (χ0n) is 10.6. The molecule has 0 bridgehead atoms. The van der Waals surface area contributed by atoms with Gasteiger partial charge in [-0.3, -0.25) is 4.79 Å². The van der Waals surface area contributed by atoms with Crippen molar-refractivity contribution in [2.24, 2.45) is 5.92 Å². The van der Waals surface area contributed by atoms with Gasteiger partial charge in [-0.05, 0) is 44.8 Å². The number of piperidine rings is 1. The zero-order chi connectivity index (χ0) is 12.0. The molecule has 1 saturated carbocycles. The summed E-state index contributed by atoms with van der Waals surface area (Å²) in [6, 6.07) is 8.31. The van der Waals surface area contributed by atoms with Crippen molar-refractivity contribution in [3.63, 3.8) is 0 Å². The Morgan fingerprint density at radius 3 is 2.65 bits per heavy atom. The Morgan fingerprint density at radius 2 is 2.06 bits per heavy atom. The molecule has 90 valence electrons. The predicted octanol–water partition coefficient (Wildman–Crippen LogP) is 2.48. The van der Waals surface area contributed by atoms with Gasteiger partial charge in [0.25, 0.3) is 0 Å². The van der Waals surface area contributed by atoms with Gasteiger partial charge in [0.05, 0.1) is 0 Å². The van der Waals surface area contributed by atoms with E-state index in [2.05, 4.69) is 24.1 Å². The highest BCUT2D eigenvalue weighted by atomic mass is 16.1. The Morgan fingerprint density at radius 1 is 1.35 bits per heavy atom. The number of Topliss-reactive ketones (excluding diaryl/α,β-unsaturated/α-hetero) is 1. The topological polar surface area (TPSA) is 20.3 Å². The van der Waals surface area contributed by atoms with Gasteiger partial charge in [0, 0.05) is 17.5 Å². The van der Waals surface area contributed by atoms with E-state index in [0.717, 1.165) is 11.5 Å². The lowest BCUT2D eigenvalue weighted by atomic mass is 9.87. The lowest BCUT2D eigenvalue weighted by Gasteiger charge is -2.29. The van der Waals surface area contributed by atoms with Crippen LogP contribution in [0.25, 0.3) is 0 Å². The summed E-state index contributed by atoms with van der Waals surface area (Å²) in [6.45, 7) is 4.06. The summed E-state index contributed by atoms with van der Waals surface area (Å²) in [6.07, 6.45) is 2.60. The van der Waals surface area contributed by atoms with E-state index in [1.807, 2.05) is 12.1 Å². The van der Waals surface area contributed by atoms with Gasteiger partial charge in [-0.2, -0.15) is 0 Å². The monoisotopic (exact) mass is 229 g/mol. The Labute approximate surface area is 103 Å². The zero-order valence-corrected chi connectivity index (χ0v) is 10.6. The molecule has 1 aliphatic carbocycles. The van der Waals surface area contributed by atoms with Crippen LogP contribution in [0.15, 0.2) is 24.3 Å². The summed E-state index contributed by atoms with van der Waals surface area (Å²) in [5.41, 5.74) is 2.72. The third kappa shape index (κ3) is 1.71. The summed E-state index contributed by atoms with van der Waals surface area (Å²) in [4.78, 5) is 13.7. The maximum absolute atomic E-state index is 11.3. The molecule has 1 aromatic rings. The van der Waals surface area contributed by atoms with Crippen LogP contribution in [0.1, 0.15) is 35.7 Å². The number of carbonyl (C=O) groups excluding carboxylic acids is 1. The first kappa shape index (κ1) is 11.0. The largest absolute Gasteiger partial charge is 0.306 e. The third-order valence-electron chi connectivity index (χ3n) is 4.57. The molecule has 1 saturated heterocycles. The molecule has 0 aromatic heterocycles. The fraction of sp³-hybridized carbons (Fsp3) is 0.533. The predicted molar refractivity (Wildman–Crippen MR) is 68.3 cm³/mol. The highest BCUT2D eigenvalue weighted by Crippen LogP contribution is 2.58. The summed E-state index contributed by atoms with van der Waals surface area (Å²) in [5, 5.41) is 0. The fourth-order valence-electron chi connectivity index (χ4n) is 3.32. The Bertz CT molecular complexity index is 450. The van der Waals surface area contributed by atoms with E-state index in [9.17, 15) is 4.79 Å². The standard InChI is InChI=1S/C15H19NO/c1-11(17)12-3-5-13(6-4-12)15-7-8-16(2)10-14(15)9-15/h3-6,14H,7-10H2,1-2H3. The Hall–Kier alpha value is -1.15. The molecule has 2 fully saturated rings. The van der Waals surface area contributed by atoms with E-state index in [4.69, 9.17) is 0 Å². The first-order chi connectivity index (χ1) is 8.12. The molecule has 2 aliphatic rings. The van der Waals surface area contributed by atoms with Gasteiger partial charge >= 0.3 is 0 Å². The van der Waals surface area contributed by atoms with Crippen molar-refractivity contribution >= 4 is 5.78 Å². The third-order valence-corrected chi connectivity index (χ3v) is 4.57. The van der Waals surface area contributed by atoms with Crippen molar-refractivity contribution in [1.82, 2.24) is 4.90 Å². The molecule has 17 heavy (non-hydrogen) atoms. The second-order valence-corrected chi connectivity index (χ2v) is 5.70. The first-order valence-electron chi connectivity index (χ1n) is 6.42. The van der Waals surface area contributed by atoms with Crippen LogP contribution < -0.4 is 0 Å². The quantitative estimate of drug-likeness (QED) is 0.726. The Balaban J connectivity index is 1.84. The number of nitrogens with zero attached hydrogens (tertiary/aromatic N) is 1. The molecule has 0 spiro atoms. The van der Waals surface area contributed by atoms with E-state index in [-0.39, 0.29) is 5.78 Å². The van der Waals surface area contributed by atoms with Crippen LogP contribution in [0.5, 0.6) is 0 Å². The SMILES string of the molecule is CC(=O)c1ccc(C23CCN(C)CC2C3)cc1. The molecule has 3 rings (SSSR count). The van der Waals surface area contributed by atoms with E-state index in [1.54, 1.807) is 6.92 Å². The summed E-state index contributed by atoms with van der Waals surface area (Å²) in [7, 11) is 2.21. The van der Waals surface area contributed by atoms with Crippen molar-refractivity contribution in [2.45, 2.75) is 25.2 Å². The number of ketones is 1. The molecule has 0 amide bonds. The minimum Gasteiger partial charge on any atom is -0.306 e. The number of carbonyl (C=O) groups is 1. The van der Waals surface area contributed by atoms with E-state index >= 15 is 0 Å². The van der Waals surface area contributed by atoms with Crippen LogP contribution in [-0.2, 0) is 5.41 Å². The molecule has 0 radical (unpaired) electrons. The second-order valence-electron chi connectivity index (χ2n) is 5.70. The summed E-state index contributed by atoms with van der Waals surface area (Å²) < 4.78 is 0. The van der Waals surface area contributed by atoms with E-state index in [0.29, 0.717) is 5.41 Å². The lowest BCUT2D eigenvalue weighted by Crippen LogP contribution is -2.33. The molecule has 2 unspecified atom stereocenters. The summed E-state index contributed by atoms with van der Waals surface area (Å²) in [5.74, 6) is 0.995.